The molecule has 31 heavy (non-hydrogen) atoms. The largest absolute Gasteiger partial charge is 0.338 e. The number of nitrogens with one attached hydrogen (secondary N) is 3. The molecule has 3 unspecified atom stereocenters. The van der Waals surface area contributed by atoms with Crippen LogP contribution in [0.25, 0.3) is 11.4 Å². The van der Waals surface area contributed by atoms with Crippen molar-refractivity contribution >= 4 is 35.0 Å². The fourth-order valence-electron chi connectivity index (χ4n) is 3.60. The van der Waals surface area contributed by atoms with Gasteiger partial charge >= 0.3 is 0 Å². The minimum Gasteiger partial charge on any atom is -0.338 e. The molecule has 3 N–H and O–H groups in total. The molecule has 160 valence electrons. The van der Waals surface area contributed by atoms with E-state index in [1.54, 1.807) is 11.0 Å². The normalized spacial score (nSPS) is 23.2. The average Bonchev–Trinajstić information content (AvgIpc) is 3.45. The molecule has 11 heteroatoms. The predicted octanol–water partition coefficient (Wildman–Crippen LogP) is 2.73. The molecule has 3 aromatic rings. The maximum atomic E-state index is 13.7. The number of carbonyl (C=O) groups is 1. The molecule has 0 bridgehead atoms. The smallest absolute Gasteiger partial charge is 0.237 e. The standard InChI is InChI=1S/C20H18ClFN6O2S/c21-14-7-6-11(8-15(14)22)17-24-16(30-27-17)10-31-20-25-18-13(9-23-26-18)19(29)28(20)12-4-2-1-3-5-12/h1-8,13,18,20,23,25-26H,9-10H2. The average molecular weight is 461 g/mol. The number of para-hydroxylation sites is 1. The Labute approximate surface area is 186 Å². The molecule has 2 saturated heterocycles. The van der Waals surface area contributed by atoms with Gasteiger partial charge in [0, 0.05) is 17.8 Å². The summed E-state index contributed by atoms with van der Waals surface area (Å²) in [5, 5.41) is 7.42. The number of carbonyl (C=O) groups excluding carboxylic acids is 1. The summed E-state index contributed by atoms with van der Waals surface area (Å²) in [5.74, 6) is 0.301. The molecule has 3 atom stereocenters. The fourth-order valence-corrected chi connectivity index (χ4v) is 4.75. The topological polar surface area (TPSA) is 95.3 Å². The highest BCUT2D eigenvalue weighted by atomic mass is 35.5. The monoisotopic (exact) mass is 460 g/mol. The van der Waals surface area contributed by atoms with Crippen molar-refractivity contribution in [3.05, 3.63) is 65.3 Å². The van der Waals surface area contributed by atoms with Gasteiger partial charge < -0.3 is 4.52 Å². The number of hydrogen-bond donors (Lipinski definition) is 3. The Morgan fingerprint density at radius 2 is 2.10 bits per heavy atom. The van der Waals surface area contributed by atoms with Crippen molar-refractivity contribution in [2.24, 2.45) is 5.92 Å². The number of rotatable bonds is 5. The van der Waals surface area contributed by atoms with Gasteiger partial charge in [0.1, 0.15) is 11.3 Å². The molecule has 2 fully saturated rings. The first-order valence-corrected chi connectivity index (χ1v) is 11.0. The van der Waals surface area contributed by atoms with Crippen molar-refractivity contribution in [3.63, 3.8) is 0 Å². The SMILES string of the molecule is O=C1C2CNNC2NC(SCc2nc(-c3ccc(Cl)c(F)c3)no2)N1c1ccccc1. The van der Waals surface area contributed by atoms with E-state index in [-0.39, 0.29) is 34.3 Å². The molecule has 8 nitrogen and oxygen atoms in total. The lowest BCUT2D eigenvalue weighted by Crippen LogP contribution is -2.64. The lowest BCUT2D eigenvalue weighted by Gasteiger charge is -2.41. The Balaban J connectivity index is 1.34. The van der Waals surface area contributed by atoms with Crippen LogP contribution in [0.5, 0.6) is 0 Å². The van der Waals surface area contributed by atoms with E-state index in [4.69, 9.17) is 16.1 Å². The quantitative estimate of drug-likeness (QED) is 0.535. The Bertz CT molecular complexity index is 1100. The summed E-state index contributed by atoms with van der Waals surface area (Å²) in [6, 6.07) is 13.9. The zero-order chi connectivity index (χ0) is 21.4. The summed E-state index contributed by atoms with van der Waals surface area (Å²) in [6.07, 6.45) is -0.166. The van der Waals surface area contributed by atoms with E-state index in [9.17, 15) is 9.18 Å². The number of anilines is 1. The van der Waals surface area contributed by atoms with Crippen LogP contribution in [-0.2, 0) is 10.5 Å². The van der Waals surface area contributed by atoms with Gasteiger partial charge in [-0.15, -0.1) is 11.8 Å². The third-order valence-electron chi connectivity index (χ3n) is 5.14. The highest BCUT2D eigenvalue weighted by Crippen LogP contribution is 2.31. The second-order valence-electron chi connectivity index (χ2n) is 7.12. The molecular formula is C20H18ClFN6O2S. The molecule has 1 aromatic heterocycles. The van der Waals surface area contributed by atoms with Gasteiger partial charge in [-0.2, -0.15) is 4.98 Å². The van der Waals surface area contributed by atoms with Crippen LogP contribution in [-0.4, -0.2) is 34.3 Å². The van der Waals surface area contributed by atoms with Crippen molar-refractivity contribution in [2.45, 2.75) is 17.4 Å². The van der Waals surface area contributed by atoms with Crippen LogP contribution in [0.2, 0.25) is 5.02 Å². The van der Waals surface area contributed by atoms with E-state index >= 15 is 0 Å². The van der Waals surface area contributed by atoms with Gasteiger partial charge in [0.25, 0.3) is 0 Å². The first-order valence-electron chi connectivity index (χ1n) is 9.62. The molecule has 2 aromatic carbocycles. The zero-order valence-corrected chi connectivity index (χ0v) is 17.7. The Morgan fingerprint density at radius 3 is 2.90 bits per heavy atom. The van der Waals surface area contributed by atoms with Gasteiger partial charge in [-0.1, -0.05) is 35.0 Å². The first kappa shape index (κ1) is 20.4. The van der Waals surface area contributed by atoms with Gasteiger partial charge in [0.15, 0.2) is 0 Å². The lowest BCUT2D eigenvalue weighted by atomic mass is 10.0. The summed E-state index contributed by atoms with van der Waals surface area (Å²) < 4.78 is 19.1. The highest BCUT2D eigenvalue weighted by molar-refractivity contribution is 7.99. The minimum atomic E-state index is -0.546. The van der Waals surface area contributed by atoms with Crippen molar-refractivity contribution < 1.29 is 13.7 Å². The van der Waals surface area contributed by atoms with E-state index in [0.717, 1.165) is 5.69 Å². The van der Waals surface area contributed by atoms with Gasteiger partial charge in [-0.3, -0.25) is 20.4 Å². The molecule has 1 amide bonds. The van der Waals surface area contributed by atoms with E-state index < -0.39 is 5.82 Å². The number of hydrazine groups is 1. The van der Waals surface area contributed by atoms with E-state index in [1.165, 1.54) is 23.9 Å². The van der Waals surface area contributed by atoms with Crippen LogP contribution < -0.4 is 21.1 Å². The maximum Gasteiger partial charge on any atom is 0.237 e. The Kier molecular flexibility index (Phi) is 5.63. The van der Waals surface area contributed by atoms with Gasteiger partial charge in [0.05, 0.1) is 22.9 Å². The molecule has 0 spiro atoms. The van der Waals surface area contributed by atoms with E-state index in [1.807, 2.05) is 30.3 Å². The number of hydrogen-bond acceptors (Lipinski definition) is 8. The van der Waals surface area contributed by atoms with Crippen LogP contribution in [0.1, 0.15) is 5.89 Å². The maximum absolute atomic E-state index is 13.7. The number of benzene rings is 2. The molecule has 2 aliphatic rings. The molecule has 5 rings (SSSR count). The molecule has 0 aliphatic carbocycles. The van der Waals surface area contributed by atoms with Crippen LogP contribution in [0.4, 0.5) is 10.1 Å². The van der Waals surface area contributed by atoms with Gasteiger partial charge in [-0.05, 0) is 30.3 Å². The van der Waals surface area contributed by atoms with Crippen LogP contribution in [0, 0.1) is 11.7 Å². The van der Waals surface area contributed by atoms with Crippen LogP contribution in [0.15, 0.2) is 53.1 Å². The van der Waals surface area contributed by atoms with Crippen molar-refractivity contribution in [1.82, 2.24) is 26.3 Å². The number of fused-ring (bicyclic) bond motifs is 1. The third-order valence-corrected chi connectivity index (χ3v) is 6.52. The van der Waals surface area contributed by atoms with Gasteiger partial charge in [-0.25, -0.2) is 9.82 Å². The fraction of sp³-hybridized carbons (Fsp3) is 0.250. The van der Waals surface area contributed by atoms with Crippen molar-refractivity contribution in [2.75, 3.05) is 11.4 Å². The molecule has 0 saturated carbocycles. The number of amides is 1. The second kappa shape index (κ2) is 8.56. The molecule has 0 radical (unpaired) electrons. The van der Waals surface area contributed by atoms with E-state index in [2.05, 4.69) is 26.3 Å². The highest BCUT2D eigenvalue weighted by Gasteiger charge is 2.44. The van der Waals surface area contributed by atoms with Crippen LogP contribution in [0.3, 0.4) is 0 Å². The first-order chi connectivity index (χ1) is 15.1. The number of thioether (sulfide) groups is 1. The van der Waals surface area contributed by atoms with E-state index in [0.29, 0.717) is 23.8 Å². The van der Waals surface area contributed by atoms with Gasteiger partial charge in [0.2, 0.25) is 17.6 Å². The number of aromatic nitrogens is 2. The number of nitrogens with zero attached hydrogens (tertiary/aromatic N) is 3. The summed E-state index contributed by atoms with van der Waals surface area (Å²) in [7, 11) is 0. The zero-order valence-electron chi connectivity index (χ0n) is 16.1. The Morgan fingerprint density at radius 1 is 1.26 bits per heavy atom. The van der Waals surface area contributed by atoms with Crippen molar-refractivity contribution in [1.29, 1.82) is 0 Å². The minimum absolute atomic E-state index is 0.0328. The second-order valence-corrected chi connectivity index (χ2v) is 8.60. The van der Waals surface area contributed by atoms with Crippen molar-refractivity contribution in [3.8, 4) is 11.4 Å². The molecule has 2 aliphatic heterocycles. The summed E-state index contributed by atoms with van der Waals surface area (Å²) in [6.45, 7) is 0.557. The third kappa shape index (κ3) is 4.04. The molecular weight excluding hydrogens is 443 g/mol. The molecule has 3 heterocycles. The lowest BCUT2D eigenvalue weighted by molar-refractivity contribution is -0.124. The Hall–Kier alpha value is -2.50. The summed E-state index contributed by atoms with van der Waals surface area (Å²) >= 11 is 7.19. The summed E-state index contributed by atoms with van der Waals surface area (Å²) in [4.78, 5) is 19.3. The predicted molar refractivity (Wildman–Crippen MR) is 115 cm³/mol. The van der Waals surface area contributed by atoms with Crippen LogP contribution >= 0.6 is 23.4 Å². The summed E-state index contributed by atoms with van der Waals surface area (Å²) in [5.41, 5.74) is 7.09. The number of halogens is 2.